The summed E-state index contributed by atoms with van der Waals surface area (Å²) in [4.78, 5) is 3.97. The molecule has 2 fully saturated rings. The fraction of sp³-hybridized carbons (Fsp3) is 0.667. The molecule has 1 saturated carbocycles. The molecular formula is C15H22N6O3S. The Labute approximate surface area is 146 Å². The first-order chi connectivity index (χ1) is 12.0. The van der Waals surface area contributed by atoms with Crippen LogP contribution in [-0.4, -0.2) is 57.0 Å². The standard InChI is InChI=1S/C15H22N6O3S/c1-19-8-15(16-11-19)25(22,23)20-5-4-14(7-20)21-6-13(17-18-21)10-24-9-12-2-3-12/h6,8,11-12,14H,2-5,7,9-10H2,1H3. The summed E-state index contributed by atoms with van der Waals surface area (Å²) in [5, 5.41) is 8.37. The Kier molecular flexibility index (Phi) is 4.34. The minimum Gasteiger partial charge on any atom is -0.375 e. The molecule has 0 N–H and O–H groups in total. The van der Waals surface area contributed by atoms with E-state index in [-0.39, 0.29) is 11.1 Å². The van der Waals surface area contributed by atoms with E-state index in [0.29, 0.717) is 26.1 Å². The maximum atomic E-state index is 12.6. The first kappa shape index (κ1) is 16.7. The van der Waals surface area contributed by atoms with E-state index in [1.54, 1.807) is 16.3 Å². The predicted molar refractivity (Wildman–Crippen MR) is 88.0 cm³/mol. The fourth-order valence-electron chi connectivity index (χ4n) is 2.97. The van der Waals surface area contributed by atoms with E-state index in [4.69, 9.17) is 4.74 Å². The van der Waals surface area contributed by atoms with Gasteiger partial charge < -0.3 is 9.30 Å². The molecule has 25 heavy (non-hydrogen) atoms. The van der Waals surface area contributed by atoms with Gasteiger partial charge in [-0.3, -0.25) is 0 Å². The number of rotatable bonds is 7. The molecule has 2 aliphatic rings. The van der Waals surface area contributed by atoms with Crippen molar-refractivity contribution in [2.75, 3.05) is 19.7 Å². The molecule has 2 aromatic heterocycles. The van der Waals surface area contributed by atoms with Crippen LogP contribution in [0.15, 0.2) is 23.7 Å². The highest BCUT2D eigenvalue weighted by atomic mass is 32.2. The Morgan fingerprint density at radius 3 is 2.84 bits per heavy atom. The Balaban J connectivity index is 1.37. The van der Waals surface area contributed by atoms with Gasteiger partial charge in [0, 0.05) is 32.9 Å². The zero-order valence-corrected chi connectivity index (χ0v) is 15.0. The van der Waals surface area contributed by atoms with Crippen molar-refractivity contribution < 1.29 is 13.2 Å². The lowest BCUT2D eigenvalue weighted by molar-refractivity contribution is 0.108. The number of sulfonamides is 1. The zero-order chi connectivity index (χ0) is 17.4. The number of hydrogen-bond acceptors (Lipinski definition) is 6. The van der Waals surface area contributed by atoms with Crippen LogP contribution in [-0.2, 0) is 28.4 Å². The molecule has 0 spiro atoms. The van der Waals surface area contributed by atoms with E-state index in [1.807, 2.05) is 6.20 Å². The average Bonchev–Trinajstić information content (AvgIpc) is 2.98. The molecule has 1 unspecified atom stereocenters. The predicted octanol–water partition coefficient (Wildman–Crippen LogP) is 0.574. The summed E-state index contributed by atoms with van der Waals surface area (Å²) in [5.41, 5.74) is 0.784. The number of ether oxygens (including phenoxy) is 1. The number of nitrogens with zero attached hydrogens (tertiary/aromatic N) is 6. The highest BCUT2D eigenvalue weighted by Gasteiger charge is 2.35. The van der Waals surface area contributed by atoms with Crippen LogP contribution in [0.2, 0.25) is 0 Å². The Bertz CT molecular complexity index is 841. The van der Waals surface area contributed by atoms with E-state index in [2.05, 4.69) is 15.3 Å². The highest BCUT2D eigenvalue weighted by molar-refractivity contribution is 7.89. The van der Waals surface area contributed by atoms with Gasteiger partial charge in [0.05, 0.1) is 25.2 Å². The second-order valence-corrected chi connectivity index (χ2v) is 8.72. The van der Waals surface area contributed by atoms with Crippen LogP contribution in [0.5, 0.6) is 0 Å². The van der Waals surface area contributed by atoms with Crippen LogP contribution < -0.4 is 0 Å². The normalized spacial score (nSPS) is 21.9. The molecule has 4 rings (SSSR count). The zero-order valence-electron chi connectivity index (χ0n) is 14.2. The largest absolute Gasteiger partial charge is 0.375 e. The van der Waals surface area contributed by atoms with Crippen molar-refractivity contribution in [3.8, 4) is 0 Å². The topological polar surface area (TPSA) is 95.1 Å². The maximum absolute atomic E-state index is 12.6. The van der Waals surface area contributed by atoms with E-state index in [0.717, 1.165) is 18.2 Å². The molecule has 0 radical (unpaired) electrons. The summed E-state index contributed by atoms with van der Waals surface area (Å²) in [7, 11) is -1.80. The molecular weight excluding hydrogens is 344 g/mol. The molecule has 10 heteroatoms. The van der Waals surface area contributed by atoms with Crippen LogP contribution in [0.25, 0.3) is 0 Å². The van der Waals surface area contributed by atoms with E-state index in [1.165, 1.54) is 29.7 Å². The van der Waals surface area contributed by atoms with Gasteiger partial charge in [-0.1, -0.05) is 5.21 Å². The third-order valence-corrected chi connectivity index (χ3v) is 6.39. The lowest BCUT2D eigenvalue weighted by Gasteiger charge is -2.14. The molecule has 136 valence electrons. The summed E-state index contributed by atoms with van der Waals surface area (Å²) < 4.78 is 35.7. The Hall–Kier alpha value is -1.78. The summed E-state index contributed by atoms with van der Waals surface area (Å²) in [5.74, 6) is 0.718. The van der Waals surface area contributed by atoms with Gasteiger partial charge in [0.2, 0.25) is 0 Å². The van der Waals surface area contributed by atoms with Crippen molar-refractivity contribution in [3.05, 3.63) is 24.4 Å². The third kappa shape index (κ3) is 3.60. The van der Waals surface area contributed by atoms with Gasteiger partial charge in [0.1, 0.15) is 5.69 Å². The van der Waals surface area contributed by atoms with Gasteiger partial charge in [0.25, 0.3) is 10.0 Å². The number of imidazole rings is 1. The maximum Gasteiger partial charge on any atom is 0.262 e. The molecule has 1 saturated heterocycles. The summed E-state index contributed by atoms with van der Waals surface area (Å²) in [6.07, 6.45) is 8.09. The number of aromatic nitrogens is 5. The average molecular weight is 366 g/mol. The quantitative estimate of drug-likeness (QED) is 0.711. The summed E-state index contributed by atoms with van der Waals surface area (Å²) >= 11 is 0. The van der Waals surface area contributed by atoms with Crippen LogP contribution in [0.3, 0.4) is 0 Å². The van der Waals surface area contributed by atoms with Gasteiger partial charge >= 0.3 is 0 Å². The highest BCUT2D eigenvalue weighted by Crippen LogP contribution is 2.29. The molecule has 3 heterocycles. The van der Waals surface area contributed by atoms with Gasteiger partial charge in [0.15, 0.2) is 5.03 Å². The second-order valence-electron chi connectivity index (χ2n) is 6.83. The Morgan fingerprint density at radius 2 is 2.12 bits per heavy atom. The van der Waals surface area contributed by atoms with Crippen molar-refractivity contribution >= 4 is 10.0 Å². The molecule has 0 bridgehead atoms. The minimum atomic E-state index is -3.55. The summed E-state index contributed by atoms with van der Waals surface area (Å²) in [6, 6.07) is -0.0110. The van der Waals surface area contributed by atoms with Crippen molar-refractivity contribution in [1.82, 2.24) is 28.9 Å². The fourth-order valence-corrected chi connectivity index (χ4v) is 4.43. The molecule has 0 aromatic carbocycles. The molecule has 0 amide bonds. The van der Waals surface area contributed by atoms with Crippen molar-refractivity contribution in [1.29, 1.82) is 0 Å². The first-order valence-corrected chi connectivity index (χ1v) is 9.93. The number of aryl methyl sites for hydroxylation is 1. The molecule has 1 aliphatic heterocycles. The molecule has 2 aromatic rings. The minimum absolute atomic E-state index is 0.0110. The molecule has 1 atom stereocenters. The van der Waals surface area contributed by atoms with Crippen molar-refractivity contribution in [3.63, 3.8) is 0 Å². The van der Waals surface area contributed by atoms with Gasteiger partial charge in [-0.25, -0.2) is 18.1 Å². The molecule has 9 nitrogen and oxygen atoms in total. The van der Waals surface area contributed by atoms with E-state index in [9.17, 15) is 8.42 Å². The van der Waals surface area contributed by atoms with Crippen molar-refractivity contribution in [2.45, 2.75) is 36.9 Å². The lowest BCUT2D eigenvalue weighted by atomic mass is 10.3. The summed E-state index contributed by atoms with van der Waals surface area (Å²) in [6.45, 7) is 2.08. The lowest BCUT2D eigenvalue weighted by Crippen LogP contribution is -2.29. The van der Waals surface area contributed by atoms with Crippen LogP contribution in [0.1, 0.15) is 31.0 Å². The van der Waals surface area contributed by atoms with E-state index < -0.39 is 10.0 Å². The van der Waals surface area contributed by atoms with Crippen LogP contribution in [0.4, 0.5) is 0 Å². The van der Waals surface area contributed by atoms with Crippen LogP contribution >= 0.6 is 0 Å². The third-order valence-electron chi connectivity index (χ3n) is 4.64. The second kappa shape index (κ2) is 6.50. The smallest absolute Gasteiger partial charge is 0.262 e. The van der Waals surface area contributed by atoms with Gasteiger partial charge in [-0.15, -0.1) is 5.10 Å². The SMILES string of the molecule is Cn1cnc(S(=O)(=O)N2CCC(n3cc(COCC4CC4)nn3)C2)c1. The van der Waals surface area contributed by atoms with Gasteiger partial charge in [-0.05, 0) is 25.2 Å². The van der Waals surface area contributed by atoms with Gasteiger partial charge in [-0.2, -0.15) is 4.31 Å². The monoisotopic (exact) mass is 366 g/mol. The van der Waals surface area contributed by atoms with Crippen LogP contribution in [0, 0.1) is 5.92 Å². The number of hydrogen-bond donors (Lipinski definition) is 0. The van der Waals surface area contributed by atoms with E-state index >= 15 is 0 Å². The first-order valence-electron chi connectivity index (χ1n) is 8.49. The van der Waals surface area contributed by atoms with Crippen molar-refractivity contribution in [2.24, 2.45) is 13.0 Å². The Morgan fingerprint density at radius 1 is 1.28 bits per heavy atom. The molecule has 1 aliphatic carbocycles.